The van der Waals surface area contributed by atoms with Gasteiger partial charge in [-0.2, -0.15) is 12.6 Å². The molecule has 0 aliphatic carbocycles. The first-order chi connectivity index (χ1) is 4.84. The van der Waals surface area contributed by atoms with Crippen molar-refractivity contribution >= 4 is 18.5 Å². The lowest BCUT2D eigenvalue weighted by Crippen LogP contribution is -2.39. The zero-order valence-electron chi connectivity index (χ0n) is 7.64. The van der Waals surface area contributed by atoms with Gasteiger partial charge in [0.05, 0.1) is 4.75 Å². The van der Waals surface area contributed by atoms with Crippen molar-refractivity contribution in [2.75, 3.05) is 6.54 Å². The lowest BCUT2D eigenvalue weighted by Gasteiger charge is -2.17. The molecule has 0 saturated carbocycles. The molecule has 0 unspecified atom stereocenters. The van der Waals surface area contributed by atoms with Gasteiger partial charge in [0, 0.05) is 6.54 Å². The van der Waals surface area contributed by atoms with Gasteiger partial charge in [-0.1, -0.05) is 13.8 Å². The first kappa shape index (κ1) is 10.8. The van der Waals surface area contributed by atoms with Crippen molar-refractivity contribution in [3.05, 3.63) is 0 Å². The summed E-state index contributed by atoms with van der Waals surface area (Å²) in [5.41, 5.74) is 0. The Morgan fingerprint density at radius 3 is 2.27 bits per heavy atom. The minimum atomic E-state index is -0.561. The maximum absolute atomic E-state index is 11.2. The normalized spacial score (nSPS) is 11.8. The number of hydrogen-bond acceptors (Lipinski definition) is 2. The molecule has 11 heavy (non-hydrogen) atoms. The van der Waals surface area contributed by atoms with Gasteiger partial charge in [0.1, 0.15) is 0 Å². The second-order valence-corrected chi connectivity index (χ2v) is 4.78. The Hall–Kier alpha value is -0.180. The molecular weight excluding hydrogens is 158 g/mol. The first-order valence-corrected chi connectivity index (χ1v) is 4.29. The predicted octanol–water partition coefficient (Wildman–Crippen LogP) is 1.47. The summed E-state index contributed by atoms with van der Waals surface area (Å²) in [5.74, 6) is 0.490. The van der Waals surface area contributed by atoms with Gasteiger partial charge in [-0.25, -0.2) is 0 Å². The molecule has 0 bridgehead atoms. The van der Waals surface area contributed by atoms with Gasteiger partial charge in [0.15, 0.2) is 0 Å². The number of hydrogen-bond donors (Lipinski definition) is 2. The number of carbonyl (C=O) groups is 1. The molecule has 0 radical (unpaired) electrons. The fraction of sp³-hybridized carbons (Fsp3) is 0.875. The highest BCUT2D eigenvalue weighted by molar-refractivity contribution is 7.82. The molecule has 0 aliphatic rings. The van der Waals surface area contributed by atoms with Crippen LogP contribution in [0.2, 0.25) is 0 Å². The highest BCUT2D eigenvalue weighted by Gasteiger charge is 2.21. The van der Waals surface area contributed by atoms with Crippen LogP contribution in [0.3, 0.4) is 0 Å². The maximum atomic E-state index is 11.2. The molecule has 0 saturated heterocycles. The molecule has 0 spiro atoms. The zero-order valence-corrected chi connectivity index (χ0v) is 8.53. The second-order valence-electron chi connectivity index (χ2n) is 3.66. The van der Waals surface area contributed by atoms with E-state index < -0.39 is 4.75 Å². The van der Waals surface area contributed by atoms with Crippen LogP contribution < -0.4 is 5.32 Å². The molecule has 0 aromatic rings. The van der Waals surface area contributed by atoms with Gasteiger partial charge < -0.3 is 5.32 Å². The Kier molecular flexibility index (Phi) is 3.93. The summed E-state index contributed by atoms with van der Waals surface area (Å²) in [7, 11) is 0. The van der Waals surface area contributed by atoms with Crippen molar-refractivity contribution in [2.45, 2.75) is 32.4 Å². The molecule has 3 heteroatoms. The van der Waals surface area contributed by atoms with E-state index in [1.807, 2.05) is 0 Å². The third-order valence-electron chi connectivity index (χ3n) is 1.23. The molecule has 0 heterocycles. The fourth-order valence-electron chi connectivity index (χ4n) is 0.513. The average molecular weight is 175 g/mol. The van der Waals surface area contributed by atoms with E-state index in [0.29, 0.717) is 5.92 Å². The van der Waals surface area contributed by atoms with E-state index >= 15 is 0 Å². The van der Waals surface area contributed by atoms with Crippen molar-refractivity contribution in [3.63, 3.8) is 0 Å². The fourth-order valence-corrected chi connectivity index (χ4v) is 0.592. The van der Waals surface area contributed by atoms with Crippen LogP contribution in [0.25, 0.3) is 0 Å². The summed E-state index contributed by atoms with van der Waals surface area (Å²) in [4.78, 5) is 11.2. The lowest BCUT2D eigenvalue weighted by atomic mass is 10.1. The van der Waals surface area contributed by atoms with E-state index in [4.69, 9.17) is 0 Å². The number of amides is 1. The van der Waals surface area contributed by atoms with Crippen LogP contribution in [0.5, 0.6) is 0 Å². The first-order valence-electron chi connectivity index (χ1n) is 3.84. The van der Waals surface area contributed by atoms with Crippen LogP contribution in [-0.4, -0.2) is 17.2 Å². The largest absolute Gasteiger partial charge is 0.355 e. The van der Waals surface area contributed by atoms with E-state index in [0.717, 1.165) is 6.54 Å². The van der Waals surface area contributed by atoms with Crippen LogP contribution >= 0.6 is 12.6 Å². The molecule has 66 valence electrons. The molecule has 0 aromatic heterocycles. The average Bonchev–Trinajstić information content (AvgIpc) is 1.80. The van der Waals surface area contributed by atoms with Crippen molar-refractivity contribution in [1.82, 2.24) is 5.32 Å². The maximum Gasteiger partial charge on any atom is 0.235 e. The summed E-state index contributed by atoms with van der Waals surface area (Å²) in [6, 6.07) is 0. The zero-order chi connectivity index (χ0) is 9.07. The molecule has 0 aliphatic heterocycles. The van der Waals surface area contributed by atoms with Crippen molar-refractivity contribution in [3.8, 4) is 0 Å². The Balaban J connectivity index is 3.71. The van der Waals surface area contributed by atoms with Crippen molar-refractivity contribution in [2.24, 2.45) is 5.92 Å². The van der Waals surface area contributed by atoms with Crippen molar-refractivity contribution in [1.29, 1.82) is 0 Å². The third-order valence-corrected chi connectivity index (χ3v) is 1.43. The van der Waals surface area contributed by atoms with E-state index in [-0.39, 0.29) is 5.91 Å². The summed E-state index contributed by atoms with van der Waals surface area (Å²) in [6.07, 6.45) is 0. The summed E-state index contributed by atoms with van der Waals surface area (Å²) in [6.45, 7) is 8.41. The van der Waals surface area contributed by atoms with E-state index in [1.165, 1.54) is 0 Å². The molecule has 2 nitrogen and oxygen atoms in total. The molecule has 0 fully saturated rings. The van der Waals surface area contributed by atoms with Gasteiger partial charge >= 0.3 is 0 Å². The summed E-state index contributed by atoms with van der Waals surface area (Å²) in [5, 5.41) is 2.81. The smallest absolute Gasteiger partial charge is 0.235 e. The predicted molar refractivity (Wildman–Crippen MR) is 50.9 cm³/mol. The minimum Gasteiger partial charge on any atom is -0.355 e. The van der Waals surface area contributed by atoms with E-state index in [1.54, 1.807) is 13.8 Å². The van der Waals surface area contributed by atoms with Gasteiger partial charge in [-0.3, -0.25) is 4.79 Å². The number of rotatable bonds is 3. The summed E-state index contributed by atoms with van der Waals surface area (Å²) >= 11 is 4.14. The summed E-state index contributed by atoms with van der Waals surface area (Å²) < 4.78 is -0.561. The number of thiol groups is 1. The van der Waals surface area contributed by atoms with Crippen LogP contribution in [0.1, 0.15) is 27.7 Å². The van der Waals surface area contributed by atoms with Crippen molar-refractivity contribution < 1.29 is 4.79 Å². The SMILES string of the molecule is CC(C)CNC(=O)C(C)(C)S. The number of nitrogens with one attached hydrogen (secondary N) is 1. The third kappa shape index (κ3) is 5.13. The molecule has 1 N–H and O–H groups in total. The van der Waals surface area contributed by atoms with Crippen LogP contribution in [0.4, 0.5) is 0 Å². The van der Waals surface area contributed by atoms with Gasteiger partial charge in [0.25, 0.3) is 0 Å². The van der Waals surface area contributed by atoms with Gasteiger partial charge in [-0.15, -0.1) is 0 Å². The Morgan fingerprint density at radius 2 is 2.00 bits per heavy atom. The van der Waals surface area contributed by atoms with Gasteiger partial charge in [-0.05, 0) is 19.8 Å². The van der Waals surface area contributed by atoms with E-state index in [9.17, 15) is 4.79 Å². The quantitative estimate of drug-likeness (QED) is 0.625. The standard InChI is InChI=1S/C8H17NOS/c1-6(2)5-9-7(10)8(3,4)11/h6,11H,5H2,1-4H3,(H,9,10). The molecular formula is C8H17NOS. The number of carbonyl (C=O) groups excluding carboxylic acids is 1. The minimum absolute atomic E-state index is 0.00506. The lowest BCUT2D eigenvalue weighted by molar-refractivity contribution is -0.122. The molecule has 0 atom stereocenters. The molecule has 1 amide bonds. The van der Waals surface area contributed by atoms with Gasteiger partial charge in [0.2, 0.25) is 5.91 Å². The van der Waals surface area contributed by atoms with Crippen LogP contribution in [0.15, 0.2) is 0 Å². The topological polar surface area (TPSA) is 29.1 Å². The van der Waals surface area contributed by atoms with Crippen LogP contribution in [0, 0.1) is 5.92 Å². The monoisotopic (exact) mass is 175 g/mol. The molecule has 0 rings (SSSR count). The highest BCUT2D eigenvalue weighted by atomic mass is 32.1. The van der Waals surface area contributed by atoms with E-state index in [2.05, 4.69) is 31.8 Å². The highest BCUT2D eigenvalue weighted by Crippen LogP contribution is 2.11. The Morgan fingerprint density at radius 1 is 1.55 bits per heavy atom. The molecule has 0 aromatic carbocycles. The second kappa shape index (κ2) is 4.00. The Bertz CT molecular complexity index is 138. The Labute approximate surface area is 74.2 Å². The van der Waals surface area contributed by atoms with Crippen LogP contribution in [-0.2, 0) is 4.79 Å².